The maximum absolute atomic E-state index is 13.1. The summed E-state index contributed by atoms with van der Waals surface area (Å²) in [6.45, 7) is 0. The lowest BCUT2D eigenvalue weighted by Crippen LogP contribution is -2.13. The summed E-state index contributed by atoms with van der Waals surface area (Å²) in [5, 5.41) is 8.43. The van der Waals surface area contributed by atoms with E-state index in [-0.39, 0.29) is 11.9 Å². The van der Waals surface area contributed by atoms with E-state index >= 15 is 0 Å². The molecule has 0 bridgehead atoms. The summed E-state index contributed by atoms with van der Waals surface area (Å²) in [7, 11) is 0. The Morgan fingerprint density at radius 3 is 2.61 bits per heavy atom. The van der Waals surface area contributed by atoms with Crippen LogP contribution in [0.3, 0.4) is 0 Å². The van der Waals surface area contributed by atoms with Crippen molar-refractivity contribution in [3.05, 3.63) is 77.4 Å². The Labute approximate surface area is 137 Å². The number of nitrogens with two attached hydrogens (primary N) is 1. The molecule has 0 spiro atoms. The topological polar surface area (TPSA) is 64.9 Å². The fourth-order valence-corrected chi connectivity index (χ4v) is 2.87. The average Bonchev–Trinajstić information content (AvgIpc) is 3.03. The van der Waals surface area contributed by atoms with Crippen LogP contribution >= 0.6 is 11.8 Å². The lowest BCUT2D eigenvalue weighted by molar-refractivity contribution is 0.385. The number of hydrogen-bond donors (Lipinski definition) is 1. The fourth-order valence-electron chi connectivity index (χ4n) is 2.16. The zero-order valence-electron chi connectivity index (χ0n) is 12.4. The van der Waals surface area contributed by atoms with Crippen molar-refractivity contribution in [3.63, 3.8) is 0 Å². The van der Waals surface area contributed by atoms with Crippen molar-refractivity contribution < 1.29 is 8.81 Å². The molecule has 0 aliphatic carbocycles. The van der Waals surface area contributed by atoms with Crippen molar-refractivity contribution in [1.29, 1.82) is 0 Å². The lowest BCUT2D eigenvalue weighted by atomic mass is 10.1. The molecule has 6 heteroatoms. The Hall–Kier alpha value is -2.18. The molecule has 1 atom stereocenters. The molecule has 0 fully saturated rings. The summed E-state index contributed by atoms with van der Waals surface area (Å²) in [6.07, 6.45) is 0.636. The van der Waals surface area contributed by atoms with Gasteiger partial charge in [-0.15, -0.1) is 10.2 Å². The van der Waals surface area contributed by atoms with Crippen LogP contribution in [0, 0.1) is 5.82 Å². The molecule has 23 heavy (non-hydrogen) atoms. The Morgan fingerprint density at radius 1 is 1.04 bits per heavy atom. The quantitative estimate of drug-likeness (QED) is 0.698. The molecule has 118 valence electrons. The minimum Gasteiger partial charge on any atom is -0.414 e. The Bertz CT molecular complexity index is 763. The zero-order valence-corrected chi connectivity index (χ0v) is 13.2. The molecule has 4 nitrogen and oxygen atoms in total. The van der Waals surface area contributed by atoms with Gasteiger partial charge < -0.3 is 10.2 Å². The van der Waals surface area contributed by atoms with Gasteiger partial charge in [0.2, 0.25) is 5.89 Å². The molecule has 0 amide bonds. The van der Waals surface area contributed by atoms with Gasteiger partial charge >= 0.3 is 0 Å². The Morgan fingerprint density at radius 2 is 1.83 bits per heavy atom. The lowest BCUT2D eigenvalue weighted by Gasteiger charge is -2.06. The monoisotopic (exact) mass is 329 g/mol. The number of benzene rings is 2. The van der Waals surface area contributed by atoms with E-state index in [0.717, 1.165) is 11.1 Å². The first kappa shape index (κ1) is 15.7. The minimum absolute atomic E-state index is 0.251. The second-order valence-electron chi connectivity index (χ2n) is 5.12. The van der Waals surface area contributed by atoms with Crippen LogP contribution in [0.2, 0.25) is 0 Å². The standard InChI is InChI=1S/C17H16FN3OS/c18-14-8-4-7-13(9-14)11-23-17-21-20-16(22-17)15(19)10-12-5-2-1-3-6-12/h1-9,15H,10-11,19H2. The molecular weight excluding hydrogens is 313 g/mol. The highest BCUT2D eigenvalue weighted by molar-refractivity contribution is 7.98. The van der Waals surface area contributed by atoms with Gasteiger partial charge in [0.25, 0.3) is 5.22 Å². The van der Waals surface area contributed by atoms with Gasteiger partial charge in [-0.3, -0.25) is 0 Å². The third-order valence-electron chi connectivity index (χ3n) is 3.29. The Kier molecular flexibility index (Phi) is 5.05. The molecule has 3 aromatic rings. The van der Waals surface area contributed by atoms with Gasteiger partial charge in [-0.05, 0) is 29.7 Å². The van der Waals surface area contributed by atoms with Crippen molar-refractivity contribution in [2.45, 2.75) is 23.4 Å². The minimum atomic E-state index is -0.339. The third kappa shape index (κ3) is 4.40. The molecule has 1 unspecified atom stereocenters. The van der Waals surface area contributed by atoms with Crippen LogP contribution in [0.5, 0.6) is 0 Å². The number of nitrogens with zero attached hydrogens (tertiary/aromatic N) is 2. The second-order valence-corrected chi connectivity index (χ2v) is 6.05. The summed E-state index contributed by atoms with van der Waals surface area (Å²) >= 11 is 1.36. The zero-order chi connectivity index (χ0) is 16.1. The first-order chi connectivity index (χ1) is 11.2. The largest absolute Gasteiger partial charge is 0.414 e. The van der Waals surface area contributed by atoms with E-state index in [0.29, 0.717) is 23.3 Å². The predicted molar refractivity (Wildman–Crippen MR) is 87.3 cm³/mol. The molecule has 2 N–H and O–H groups in total. The number of hydrogen-bond acceptors (Lipinski definition) is 5. The summed E-state index contributed by atoms with van der Waals surface area (Å²) in [6, 6.07) is 16.0. The van der Waals surface area contributed by atoms with Crippen molar-refractivity contribution >= 4 is 11.8 Å². The van der Waals surface area contributed by atoms with Gasteiger partial charge in [0.05, 0.1) is 6.04 Å². The third-order valence-corrected chi connectivity index (χ3v) is 4.18. The number of thioether (sulfide) groups is 1. The van der Waals surface area contributed by atoms with E-state index in [1.54, 1.807) is 6.07 Å². The second kappa shape index (κ2) is 7.39. The highest BCUT2D eigenvalue weighted by atomic mass is 32.2. The van der Waals surface area contributed by atoms with E-state index in [4.69, 9.17) is 10.2 Å². The molecular formula is C17H16FN3OS. The number of halogens is 1. The molecule has 1 heterocycles. The molecule has 1 aromatic heterocycles. The molecule has 0 aliphatic rings. The van der Waals surface area contributed by atoms with Gasteiger partial charge in [-0.1, -0.05) is 54.2 Å². The molecule has 0 radical (unpaired) electrons. The maximum atomic E-state index is 13.1. The average molecular weight is 329 g/mol. The van der Waals surface area contributed by atoms with E-state index < -0.39 is 0 Å². The molecule has 0 saturated carbocycles. The van der Waals surface area contributed by atoms with E-state index in [2.05, 4.69) is 10.2 Å². The van der Waals surface area contributed by atoms with Crippen LogP contribution in [-0.2, 0) is 12.2 Å². The van der Waals surface area contributed by atoms with Gasteiger partial charge in [0, 0.05) is 5.75 Å². The van der Waals surface area contributed by atoms with Crippen molar-refractivity contribution in [2.24, 2.45) is 5.73 Å². The van der Waals surface area contributed by atoms with E-state index in [1.165, 1.54) is 23.9 Å². The summed E-state index contributed by atoms with van der Waals surface area (Å²) in [4.78, 5) is 0. The van der Waals surface area contributed by atoms with Gasteiger partial charge in [0.1, 0.15) is 5.82 Å². The Balaban J connectivity index is 1.59. The summed E-state index contributed by atoms with van der Waals surface area (Å²) in [5.41, 5.74) is 8.09. The number of aromatic nitrogens is 2. The van der Waals surface area contributed by atoms with Crippen LogP contribution in [-0.4, -0.2) is 10.2 Å². The summed E-state index contributed by atoms with van der Waals surface area (Å²) in [5.74, 6) is 0.725. The normalized spacial score (nSPS) is 12.3. The first-order valence-corrected chi connectivity index (χ1v) is 8.19. The van der Waals surface area contributed by atoms with Crippen molar-refractivity contribution in [3.8, 4) is 0 Å². The van der Waals surface area contributed by atoms with Crippen molar-refractivity contribution in [1.82, 2.24) is 10.2 Å². The highest BCUT2D eigenvalue weighted by Crippen LogP contribution is 2.24. The van der Waals surface area contributed by atoms with Gasteiger partial charge in [0.15, 0.2) is 0 Å². The number of rotatable bonds is 6. The maximum Gasteiger partial charge on any atom is 0.276 e. The van der Waals surface area contributed by atoms with E-state index in [1.807, 2.05) is 36.4 Å². The predicted octanol–water partition coefficient (Wildman–Crippen LogP) is 3.74. The molecule has 0 saturated heterocycles. The van der Waals surface area contributed by atoms with Gasteiger partial charge in [-0.25, -0.2) is 4.39 Å². The van der Waals surface area contributed by atoms with Crippen LogP contribution in [0.4, 0.5) is 4.39 Å². The van der Waals surface area contributed by atoms with Crippen LogP contribution in [0.25, 0.3) is 0 Å². The molecule has 0 aliphatic heterocycles. The van der Waals surface area contributed by atoms with Crippen LogP contribution in [0.1, 0.15) is 23.1 Å². The highest BCUT2D eigenvalue weighted by Gasteiger charge is 2.15. The van der Waals surface area contributed by atoms with Crippen LogP contribution in [0.15, 0.2) is 64.2 Å². The van der Waals surface area contributed by atoms with Crippen molar-refractivity contribution in [2.75, 3.05) is 0 Å². The van der Waals surface area contributed by atoms with E-state index in [9.17, 15) is 4.39 Å². The smallest absolute Gasteiger partial charge is 0.276 e. The van der Waals surface area contributed by atoms with Gasteiger partial charge in [-0.2, -0.15) is 0 Å². The fraction of sp³-hybridized carbons (Fsp3) is 0.176. The summed E-state index contributed by atoms with van der Waals surface area (Å²) < 4.78 is 18.7. The SMILES string of the molecule is NC(Cc1ccccc1)c1nnc(SCc2cccc(F)c2)o1. The molecule has 2 aromatic carbocycles. The molecule has 3 rings (SSSR count). The van der Waals surface area contributed by atoms with Crippen LogP contribution < -0.4 is 5.73 Å². The first-order valence-electron chi connectivity index (χ1n) is 7.21.